The van der Waals surface area contributed by atoms with Crippen molar-refractivity contribution in [2.45, 2.75) is 44.9 Å². The predicted octanol–water partition coefficient (Wildman–Crippen LogP) is 2.72. The largest absolute Gasteiger partial charge is 0.314 e. The highest BCUT2D eigenvalue weighted by atomic mass is 35.5. The van der Waals surface area contributed by atoms with Gasteiger partial charge >= 0.3 is 0 Å². The van der Waals surface area contributed by atoms with Crippen LogP contribution in [-0.2, 0) is 0 Å². The zero-order chi connectivity index (χ0) is 11.8. The number of nitrogens with one attached hydrogen (secondary N) is 1. The predicted molar refractivity (Wildman–Crippen MR) is 72.3 cm³/mol. The van der Waals surface area contributed by atoms with Gasteiger partial charge in [-0.3, -0.25) is 0 Å². The van der Waals surface area contributed by atoms with Gasteiger partial charge in [0.15, 0.2) is 0 Å². The summed E-state index contributed by atoms with van der Waals surface area (Å²) in [5, 5.41) is 3.79. The number of halogens is 1. The van der Waals surface area contributed by atoms with Crippen LogP contribution in [0.15, 0.2) is 0 Å². The molecule has 0 aliphatic carbocycles. The Hall–Kier alpha value is 0.210. The molecule has 96 valence electrons. The number of hydrogen-bond donors (Lipinski definition) is 1. The van der Waals surface area contributed by atoms with Gasteiger partial charge < -0.3 is 10.2 Å². The third-order valence-corrected chi connectivity index (χ3v) is 4.21. The second-order valence-corrected chi connectivity index (χ2v) is 5.41. The fourth-order valence-electron chi connectivity index (χ4n) is 2.45. The maximum Gasteiger partial charge on any atom is 0.0488 e. The molecule has 0 bridgehead atoms. The summed E-state index contributed by atoms with van der Waals surface area (Å²) in [4.78, 5) is 2.54. The minimum Gasteiger partial charge on any atom is -0.314 e. The summed E-state index contributed by atoms with van der Waals surface area (Å²) in [7, 11) is 0. The molecule has 0 amide bonds. The van der Waals surface area contributed by atoms with E-state index >= 15 is 0 Å². The highest BCUT2D eigenvalue weighted by Crippen LogP contribution is 2.17. The first-order chi connectivity index (χ1) is 7.77. The first kappa shape index (κ1) is 14.3. The van der Waals surface area contributed by atoms with Crippen LogP contribution in [0.2, 0.25) is 0 Å². The summed E-state index contributed by atoms with van der Waals surface area (Å²) in [5.74, 6) is 0.668. The van der Waals surface area contributed by atoms with Crippen molar-refractivity contribution in [3.63, 3.8) is 0 Å². The Morgan fingerprint density at radius 3 is 2.38 bits per heavy atom. The van der Waals surface area contributed by atoms with Gasteiger partial charge in [-0.1, -0.05) is 26.7 Å². The molecule has 1 atom stereocenters. The topological polar surface area (TPSA) is 15.3 Å². The summed E-state index contributed by atoms with van der Waals surface area (Å²) in [6.45, 7) is 10.3. The van der Waals surface area contributed by atoms with Crippen molar-refractivity contribution in [1.82, 2.24) is 10.2 Å². The minimum absolute atomic E-state index is 0.300. The molecule has 0 aromatic rings. The van der Waals surface area contributed by atoms with E-state index < -0.39 is 0 Å². The van der Waals surface area contributed by atoms with Gasteiger partial charge in [-0.25, -0.2) is 0 Å². The van der Waals surface area contributed by atoms with Crippen molar-refractivity contribution < 1.29 is 0 Å². The van der Waals surface area contributed by atoms with Crippen LogP contribution in [0.1, 0.15) is 39.5 Å². The first-order valence-electron chi connectivity index (χ1n) is 6.85. The quantitative estimate of drug-likeness (QED) is 0.523. The highest BCUT2D eigenvalue weighted by Gasteiger charge is 2.15. The Morgan fingerprint density at radius 1 is 1.19 bits per heavy atom. The Morgan fingerprint density at radius 2 is 1.81 bits per heavy atom. The third kappa shape index (κ3) is 5.03. The van der Waals surface area contributed by atoms with Gasteiger partial charge in [0.1, 0.15) is 0 Å². The van der Waals surface area contributed by atoms with Crippen molar-refractivity contribution in [1.29, 1.82) is 0 Å². The fraction of sp³-hybridized carbons (Fsp3) is 1.00. The molecule has 1 heterocycles. The van der Waals surface area contributed by atoms with Gasteiger partial charge in [0.2, 0.25) is 0 Å². The second-order valence-electron chi connectivity index (χ2n) is 4.85. The van der Waals surface area contributed by atoms with Crippen molar-refractivity contribution in [2.75, 3.05) is 32.7 Å². The normalized spacial score (nSPS) is 19.5. The molecule has 1 fully saturated rings. The van der Waals surface area contributed by atoms with Crippen LogP contribution in [-0.4, -0.2) is 43.0 Å². The Balaban J connectivity index is 2.00. The molecular weight excluding hydrogens is 220 g/mol. The van der Waals surface area contributed by atoms with E-state index in [-0.39, 0.29) is 0 Å². The number of nitrogens with zero attached hydrogens (tertiary/aromatic N) is 1. The van der Waals surface area contributed by atoms with Gasteiger partial charge in [0.25, 0.3) is 0 Å². The Bertz CT molecular complexity index is 165. The summed E-state index contributed by atoms with van der Waals surface area (Å²) < 4.78 is 0. The third-order valence-electron chi connectivity index (χ3n) is 3.70. The van der Waals surface area contributed by atoms with Crippen LogP contribution < -0.4 is 5.32 Å². The van der Waals surface area contributed by atoms with E-state index in [2.05, 4.69) is 24.1 Å². The molecule has 1 aliphatic rings. The van der Waals surface area contributed by atoms with Crippen LogP contribution in [0.3, 0.4) is 0 Å². The van der Waals surface area contributed by atoms with Crippen LogP contribution in [0.25, 0.3) is 0 Å². The summed E-state index contributed by atoms with van der Waals surface area (Å²) in [6.07, 6.45) is 5.15. The molecule has 0 spiro atoms. The molecule has 1 aliphatic heterocycles. The Labute approximate surface area is 106 Å². The molecule has 1 saturated heterocycles. The smallest absolute Gasteiger partial charge is 0.0488 e. The van der Waals surface area contributed by atoms with Gasteiger partial charge in [-0.2, -0.15) is 0 Å². The van der Waals surface area contributed by atoms with Gasteiger partial charge in [0, 0.05) is 25.0 Å². The standard InChI is InChI=1S/C13H27ClN2/c1-3-12(4-2)13(14)11-15-7-10-16-8-5-6-9-16/h12-13,15H,3-11H2,1-2H3. The van der Waals surface area contributed by atoms with Crippen molar-refractivity contribution in [2.24, 2.45) is 5.92 Å². The zero-order valence-corrected chi connectivity index (χ0v) is 11.6. The van der Waals surface area contributed by atoms with E-state index in [1.807, 2.05) is 0 Å². The molecular formula is C13H27ClN2. The fourth-order valence-corrected chi connectivity index (χ4v) is 2.92. The molecule has 1 rings (SSSR count). The summed E-state index contributed by atoms with van der Waals surface area (Å²) in [6, 6.07) is 0. The molecule has 1 unspecified atom stereocenters. The van der Waals surface area contributed by atoms with Crippen LogP contribution in [0.5, 0.6) is 0 Å². The first-order valence-corrected chi connectivity index (χ1v) is 7.28. The van der Waals surface area contributed by atoms with Crippen molar-refractivity contribution in [3.05, 3.63) is 0 Å². The number of alkyl halides is 1. The molecule has 0 radical (unpaired) electrons. The lowest BCUT2D eigenvalue weighted by molar-refractivity contribution is 0.332. The van der Waals surface area contributed by atoms with Crippen molar-refractivity contribution >= 4 is 11.6 Å². The SMILES string of the molecule is CCC(CC)C(Cl)CNCCN1CCCC1. The lowest BCUT2D eigenvalue weighted by Gasteiger charge is -2.20. The Kier molecular flexibility index (Phi) is 7.42. The van der Waals surface area contributed by atoms with Crippen molar-refractivity contribution in [3.8, 4) is 0 Å². The maximum atomic E-state index is 6.37. The van der Waals surface area contributed by atoms with E-state index in [4.69, 9.17) is 11.6 Å². The monoisotopic (exact) mass is 246 g/mol. The van der Waals surface area contributed by atoms with Crippen LogP contribution >= 0.6 is 11.6 Å². The van der Waals surface area contributed by atoms with E-state index in [0.717, 1.165) is 13.1 Å². The van der Waals surface area contributed by atoms with E-state index in [1.54, 1.807) is 0 Å². The van der Waals surface area contributed by atoms with E-state index in [0.29, 0.717) is 11.3 Å². The maximum absolute atomic E-state index is 6.37. The zero-order valence-electron chi connectivity index (χ0n) is 10.8. The lowest BCUT2D eigenvalue weighted by atomic mass is 9.99. The average Bonchev–Trinajstić information content (AvgIpc) is 2.79. The molecule has 2 nitrogen and oxygen atoms in total. The van der Waals surface area contributed by atoms with Gasteiger partial charge in [0.05, 0.1) is 0 Å². The molecule has 0 aromatic heterocycles. The van der Waals surface area contributed by atoms with E-state index in [9.17, 15) is 0 Å². The molecule has 1 N–H and O–H groups in total. The summed E-state index contributed by atoms with van der Waals surface area (Å²) in [5.41, 5.74) is 0. The lowest BCUT2D eigenvalue weighted by Crippen LogP contribution is -2.34. The number of hydrogen-bond acceptors (Lipinski definition) is 2. The van der Waals surface area contributed by atoms with Crippen LogP contribution in [0, 0.1) is 5.92 Å². The average molecular weight is 247 g/mol. The van der Waals surface area contributed by atoms with E-state index in [1.165, 1.54) is 45.3 Å². The summed E-state index contributed by atoms with van der Waals surface area (Å²) >= 11 is 6.37. The number of likely N-dealkylation sites (tertiary alicyclic amines) is 1. The van der Waals surface area contributed by atoms with Crippen LogP contribution in [0.4, 0.5) is 0 Å². The van der Waals surface area contributed by atoms with Gasteiger partial charge in [-0.05, 0) is 31.8 Å². The molecule has 16 heavy (non-hydrogen) atoms. The highest BCUT2D eigenvalue weighted by molar-refractivity contribution is 6.21. The molecule has 3 heteroatoms. The molecule has 0 aromatic carbocycles. The van der Waals surface area contributed by atoms with Gasteiger partial charge in [-0.15, -0.1) is 11.6 Å². The second kappa shape index (κ2) is 8.32. The molecule has 0 saturated carbocycles. The minimum atomic E-state index is 0.300. The number of rotatable bonds is 8.